The summed E-state index contributed by atoms with van der Waals surface area (Å²) in [5.74, 6) is 1.75. The van der Waals surface area contributed by atoms with Crippen LogP contribution in [0.4, 0.5) is 0 Å². The van der Waals surface area contributed by atoms with Crippen LogP contribution in [0, 0.1) is 0 Å². The number of methoxy groups -OCH3 is 1. The van der Waals surface area contributed by atoms with Gasteiger partial charge in [0.15, 0.2) is 5.96 Å². The Kier molecular flexibility index (Phi) is 11.4. The van der Waals surface area contributed by atoms with E-state index in [9.17, 15) is 0 Å². The highest BCUT2D eigenvalue weighted by molar-refractivity contribution is 14.0. The van der Waals surface area contributed by atoms with Crippen molar-refractivity contribution in [3.05, 3.63) is 65.7 Å². The van der Waals surface area contributed by atoms with Crippen LogP contribution in [0.5, 0.6) is 5.75 Å². The molecule has 0 radical (unpaired) electrons. The van der Waals surface area contributed by atoms with Gasteiger partial charge < -0.3 is 20.3 Å². The Morgan fingerprint density at radius 2 is 1.85 bits per heavy atom. The van der Waals surface area contributed by atoms with Crippen molar-refractivity contribution in [1.82, 2.24) is 20.4 Å². The second kappa shape index (κ2) is 13.8. The number of benzene rings is 2. The number of ether oxygens (including phenoxy) is 1. The molecule has 1 saturated heterocycles. The zero-order chi connectivity index (χ0) is 22.9. The zero-order valence-electron chi connectivity index (χ0n) is 20.6. The maximum Gasteiger partial charge on any atom is 0.191 e. The van der Waals surface area contributed by atoms with E-state index in [1.165, 1.54) is 11.1 Å². The lowest BCUT2D eigenvalue weighted by Gasteiger charge is -2.38. The van der Waals surface area contributed by atoms with Crippen LogP contribution < -0.4 is 15.4 Å². The number of hydrogen-bond acceptors (Lipinski definition) is 4. The molecule has 1 heterocycles. The van der Waals surface area contributed by atoms with Crippen molar-refractivity contribution in [2.45, 2.75) is 44.4 Å². The van der Waals surface area contributed by atoms with E-state index in [1.54, 1.807) is 7.11 Å². The average Bonchev–Trinajstić information content (AvgIpc) is 2.81. The molecule has 3 atom stereocenters. The topological polar surface area (TPSA) is 52.1 Å². The Labute approximate surface area is 216 Å². The standard InChI is InChI=1S/C26H39N5O.HI/c1-20-17-23(15-16-31(20)19-21-9-7-6-8-10-21)29-26(27-2)28-18-25(30(3)4)22-11-13-24(32-5)14-12-22;/h6-14,20,23,25H,15-19H2,1-5H3,(H2,27,28,29);1H. The van der Waals surface area contributed by atoms with Crippen molar-refractivity contribution in [3.8, 4) is 5.75 Å². The number of likely N-dealkylation sites (tertiary alicyclic amines) is 1. The molecule has 182 valence electrons. The minimum Gasteiger partial charge on any atom is -0.497 e. The van der Waals surface area contributed by atoms with Crippen LogP contribution in [-0.2, 0) is 6.54 Å². The van der Waals surface area contributed by atoms with Gasteiger partial charge >= 0.3 is 0 Å². The third kappa shape index (κ3) is 8.15. The Balaban J connectivity index is 0.00000385. The highest BCUT2D eigenvalue weighted by Crippen LogP contribution is 2.22. The monoisotopic (exact) mass is 565 g/mol. The molecule has 6 nitrogen and oxygen atoms in total. The van der Waals surface area contributed by atoms with Crippen LogP contribution in [0.2, 0.25) is 0 Å². The summed E-state index contributed by atoms with van der Waals surface area (Å²) in [5, 5.41) is 7.20. The van der Waals surface area contributed by atoms with E-state index in [-0.39, 0.29) is 30.0 Å². The number of rotatable bonds is 8. The van der Waals surface area contributed by atoms with E-state index in [0.717, 1.165) is 44.2 Å². The number of aliphatic imine (C=N–C) groups is 1. The van der Waals surface area contributed by atoms with Crippen LogP contribution in [0.15, 0.2) is 59.6 Å². The van der Waals surface area contributed by atoms with Crippen molar-refractivity contribution in [2.24, 2.45) is 4.99 Å². The summed E-state index contributed by atoms with van der Waals surface area (Å²) >= 11 is 0. The van der Waals surface area contributed by atoms with Crippen LogP contribution in [-0.4, -0.2) is 69.2 Å². The van der Waals surface area contributed by atoms with Gasteiger partial charge in [-0.15, -0.1) is 24.0 Å². The molecule has 1 fully saturated rings. The quantitative estimate of drug-likeness (QED) is 0.287. The lowest BCUT2D eigenvalue weighted by Crippen LogP contribution is -2.52. The molecule has 0 spiro atoms. The van der Waals surface area contributed by atoms with Crippen LogP contribution in [0.1, 0.15) is 36.9 Å². The fourth-order valence-corrected chi connectivity index (χ4v) is 4.41. The lowest BCUT2D eigenvalue weighted by molar-refractivity contribution is 0.134. The van der Waals surface area contributed by atoms with Crippen molar-refractivity contribution in [3.63, 3.8) is 0 Å². The number of hydrogen-bond donors (Lipinski definition) is 2. The smallest absolute Gasteiger partial charge is 0.191 e. The number of nitrogens with zero attached hydrogens (tertiary/aromatic N) is 3. The second-order valence-corrected chi connectivity index (χ2v) is 8.88. The Morgan fingerprint density at radius 1 is 1.15 bits per heavy atom. The van der Waals surface area contributed by atoms with Gasteiger partial charge in [0, 0.05) is 38.8 Å². The summed E-state index contributed by atoms with van der Waals surface area (Å²) in [6.45, 7) is 5.23. The molecule has 7 heteroatoms. The zero-order valence-corrected chi connectivity index (χ0v) is 23.0. The molecule has 2 aromatic carbocycles. The molecule has 2 N–H and O–H groups in total. The highest BCUT2D eigenvalue weighted by atomic mass is 127. The first-order valence-electron chi connectivity index (χ1n) is 11.6. The van der Waals surface area contributed by atoms with E-state index in [2.05, 4.69) is 88.9 Å². The third-order valence-corrected chi connectivity index (χ3v) is 6.39. The summed E-state index contributed by atoms with van der Waals surface area (Å²) in [4.78, 5) is 9.30. The van der Waals surface area contributed by atoms with Crippen LogP contribution >= 0.6 is 24.0 Å². The minimum atomic E-state index is 0. The summed E-state index contributed by atoms with van der Waals surface area (Å²) in [5.41, 5.74) is 2.64. The number of nitrogens with one attached hydrogen (secondary N) is 2. The van der Waals surface area contributed by atoms with Gasteiger partial charge in [-0.05, 0) is 57.1 Å². The minimum absolute atomic E-state index is 0. The molecule has 0 amide bonds. The van der Waals surface area contributed by atoms with Crippen molar-refractivity contribution in [1.29, 1.82) is 0 Å². The maximum absolute atomic E-state index is 5.30. The SMILES string of the molecule is CN=C(NCC(c1ccc(OC)cc1)N(C)C)NC1CCN(Cc2ccccc2)C(C)C1.I. The van der Waals surface area contributed by atoms with Gasteiger partial charge in [0.05, 0.1) is 13.2 Å². The molecule has 2 aromatic rings. The van der Waals surface area contributed by atoms with Crippen molar-refractivity contribution >= 4 is 29.9 Å². The Morgan fingerprint density at radius 3 is 2.42 bits per heavy atom. The predicted molar refractivity (Wildman–Crippen MR) is 149 cm³/mol. The normalized spacial score (nSPS) is 20.1. The molecule has 0 aliphatic carbocycles. The number of likely N-dealkylation sites (N-methyl/N-ethyl adjacent to an activating group) is 1. The summed E-state index contributed by atoms with van der Waals surface area (Å²) < 4.78 is 5.30. The molecular formula is C26H40IN5O. The highest BCUT2D eigenvalue weighted by Gasteiger charge is 2.26. The van der Waals surface area contributed by atoms with Gasteiger partial charge in [0.25, 0.3) is 0 Å². The van der Waals surface area contributed by atoms with E-state index in [1.807, 2.05) is 19.2 Å². The van der Waals surface area contributed by atoms with E-state index in [4.69, 9.17) is 4.74 Å². The van der Waals surface area contributed by atoms with Gasteiger partial charge in [0.1, 0.15) is 5.75 Å². The van der Waals surface area contributed by atoms with E-state index < -0.39 is 0 Å². The molecule has 3 rings (SSSR count). The molecule has 3 unspecified atom stereocenters. The second-order valence-electron chi connectivity index (χ2n) is 8.88. The van der Waals surface area contributed by atoms with E-state index in [0.29, 0.717) is 12.1 Å². The lowest BCUT2D eigenvalue weighted by atomic mass is 9.97. The molecule has 0 bridgehead atoms. The largest absolute Gasteiger partial charge is 0.497 e. The third-order valence-electron chi connectivity index (χ3n) is 6.39. The Hall–Kier alpha value is -1.84. The number of guanidine groups is 1. The molecule has 1 aliphatic rings. The van der Waals surface area contributed by atoms with Crippen LogP contribution in [0.25, 0.3) is 0 Å². The maximum atomic E-state index is 5.30. The number of piperidine rings is 1. The average molecular weight is 566 g/mol. The first kappa shape index (κ1) is 27.4. The Bertz CT molecular complexity index is 844. The van der Waals surface area contributed by atoms with Gasteiger partial charge in [-0.1, -0.05) is 42.5 Å². The van der Waals surface area contributed by atoms with Crippen LogP contribution in [0.3, 0.4) is 0 Å². The van der Waals surface area contributed by atoms with Crippen molar-refractivity contribution in [2.75, 3.05) is 41.3 Å². The fraction of sp³-hybridized carbons (Fsp3) is 0.500. The first-order chi connectivity index (χ1) is 15.5. The van der Waals surface area contributed by atoms with Gasteiger partial charge in [-0.2, -0.15) is 0 Å². The summed E-state index contributed by atoms with van der Waals surface area (Å²) in [6.07, 6.45) is 2.23. The van der Waals surface area contributed by atoms with E-state index >= 15 is 0 Å². The molecule has 0 aromatic heterocycles. The predicted octanol–water partition coefficient (Wildman–Crippen LogP) is 4.13. The molecule has 33 heavy (non-hydrogen) atoms. The molecule has 1 aliphatic heterocycles. The molecule has 0 saturated carbocycles. The van der Waals surface area contributed by atoms with Gasteiger partial charge in [-0.3, -0.25) is 9.89 Å². The molecular weight excluding hydrogens is 525 g/mol. The fourth-order valence-electron chi connectivity index (χ4n) is 4.41. The van der Waals surface area contributed by atoms with Gasteiger partial charge in [0.2, 0.25) is 0 Å². The number of halogens is 1. The van der Waals surface area contributed by atoms with Crippen molar-refractivity contribution < 1.29 is 4.74 Å². The first-order valence-corrected chi connectivity index (χ1v) is 11.6. The summed E-state index contributed by atoms with van der Waals surface area (Å²) in [7, 11) is 7.76. The summed E-state index contributed by atoms with van der Waals surface area (Å²) in [6, 6.07) is 20.3. The van der Waals surface area contributed by atoms with Gasteiger partial charge in [-0.25, -0.2) is 0 Å².